The average Bonchev–Trinajstić information content (AvgIpc) is 2.88. The van der Waals surface area contributed by atoms with Crippen LogP contribution in [0.3, 0.4) is 0 Å². The Kier molecular flexibility index (Phi) is 10.7. The van der Waals surface area contributed by atoms with Crippen LogP contribution in [0, 0.1) is 13.8 Å². The maximum atomic E-state index is 14.1. The van der Waals surface area contributed by atoms with Crippen molar-refractivity contribution in [3.8, 4) is 0 Å². The number of carbonyl (C=O) groups is 2. The minimum absolute atomic E-state index is 0.139. The number of halogens is 1. The van der Waals surface area contributed by atoms with Crippen molar-refractivity contribution in [1.29, 1.82) is 0 Å². The first-order valence-electron chi connectivity index (χ1n) is 12.9. The number of carbonyl (C=O) groups excluding carboxylic acids is 2. The molecule has 0 aliphatic heterocycles. The first-order chi connectivity index (χ1) is 18.5. The summed E-state index contributed by atoms with van der Waals surface area (Å²) in [6.45, 7) is 5.79. The fraction of sp³-hybridized carbons (Fsp3) is 0.333. The zero-order valence-electron chi connectivity index (χ0n) is 22.9. The summed E-state index contributed by atoms with van der Waals surface area (Å²) < 4.78 is 28.0. The molecule has 0 spiro atoms. The average molecular weight is 615 g/mol. The molecule has 0 fully saturated rings. The summed E-state index contributed by atoms with van der Waals surface area (Å²) in [5.74, 6) is -0.738. The number of benzene rings is 3. The third-order valence-corrected chi connectivity index (χ3v) is 8.04. The molecule has 0 heterocycles. The second kappa shape index (κ2) is 13.8. The molecule has 0 saturated heterocycles. The van der Waals surface area contributed by atoms with Crippen LogP contribution in [0.4, 0.5) is 5.69 Å². The maximum Gasteiger partial charge on any atom is 0.244 e. The van der Waals surface area contributed by atoms with Gasteiger partial charge >= 0.3 is 0 Å². The van der Waals surface area contributed by atoms with E-state index in [0.29, 0.717) is 18.7 Å². The van der Waals surface area contributed by atoms with E-state index in [4.69, 9.17) is 0 Å². The molecular formula is C30H36BrN3O4S. The van der Waals surface area contributed by atoms with Crippen LogP contribution < -0.4 is 9.62 Å². The summed E-state index contributed by atoms with van der Waals surface area (Å²) in [4.78, 5) is 29.2. The molecule has 1 N–H and O–H groups in total. The van der Waals surface area contributed by atoms with E-state index in [-0.39, 0.29) is 12.5 Å². The second-order valence-corrected chi connectivity index (χ2v) is 12.5. The molecule has 0 aromatic heterocycles. The molecule has 3 aromatic rings. The van der Waals surface area contributed by atoms with Gasteiger partial charge in [-0.1, -0.05) is 83.5 Å². The van der Waals surface area contributed by atoms with Crippen LogP contribution in [-0.4, -0.2) is 50.5 Å². The van der Waals surface area contributed by atoms with Crippen molar-refractivity contribution < 1.29 is 18.0 Å². The number of nitrogens with zero attached hydrogens (tertiary/aromatic N) is 2. The number of nitrogens with one attached hydrogen (secondary N) is 1. The quantitative estimate of drug-likeness (QED) is 0.311. The van der Waals surface area contributed by atoms with E-state index in [1.165, 1.54) is 4.90 Å². The zero-order valence-corrected chi connectivity index (χ0v) is 25.3. The number of anilines is 1. The molecule has 208 valence electrons. The van der Waals surface area contributed by atoms with Crippen molar-refractivity contribution in [2.24, 2.45) is 0 Å². The second-order valence-electron chi connectivity index (χ2n) is 9.66. The normalized spacial score (nSPS) is 12.0. The van der Waals surface area contributed by atoms with E-state index in [1.54, 1.807) is 0 Å². The summed E-state index contributed by atoms with van der Waals surface area (Å²) >= 11 is 3.49. The topological polar surface area (TPSA) is 86.8 Å². The van der Waals surface area contributed by atoms with Gasteiger partial charge in [0.2, 0.25) is 21.8 Å². The van der Waals surface area contributed by atoms with Gasteiger partial charge in [0, 0.05) is 24.0 Å². The first-order valence-corrected chi connectivity index (χ1v) is 15.5. The fourth-order valence-corrected chi connectivity index (χ4v) is 5.94. The van der Waals surface area contributed by atoms with Crippen molar-refractivity contribution in [2.45, 2.75) is 46.2 Å². The van der Waals surface area contributed by atoms with Crippen LogP contribution in [0.15, 0.2) is 77.3 Å². The van der Waals surface area contributed by atoms with E-state index in [1.807, 2.05) is 93.6 Å². The van der Waals surface area contributed by atoms with Crippen LogP contribution in [-0.2, 0) is 32.6 Å². The van der Waals surface area contributed by atoms with E-state index in [0.717, 1.165) is 43.7 Å². The number of rotatable bonds is 12. The summed E-state index contributed by atoms with van der Waals surface area (Å²) in [5.41, 5.74) is 3.68. The Hall–Kier alpha value is -3.17. The number of hydrogen-bond donors (Lipinski definition) is 1. The van der Waals surface area contributed by atoms with E-state index in [9.17, 15) is 18.0 Å². The molecule has 7 nitrogen and oxygen atoms in total. The van der Waals surface area contributed by atoms with Gasteiger partial charge in [0.05, 0.1) is 11.9 Å². The van der Waals surface area contributed by atoms with Gasteiger partial charge in [-0.05, 0) is 54.7 Å². The Morgan fingerprint density at radius 3 is 2.13 bits per heavy atom. The van der Waals surface area contributed by atoms with Crippen molar-refractivity contribution in [1.82, 2.24) is 10.2 Å². The highest BCUT2D eigenvalue weighted by atomic mass is 79.9. The van der Waals surface area contributed by atoms with E-state index < -0.39 is 28.5 Å². The van der Waals surface area contributed by atoms with Gasteiger partial charge in [-0.3, -0.25) is 13.9 Å². The number of para-hydroxylation sites is 1. The minimum Gasteiger partial charge on any atom is -0.354 e. The van der Waals surface area contributed by atoms with Crippen LogP contribution in [0.2, 0.25) is 0 Å². The molecule has 1 atom stereocenters. The van der Waals surface area contributed by atoms with Crippen LogP contribution in [0.1, 0.15) is 35.6 Å². The highest BCUT2D eigenvalue weighted by Gasteiger charge is 2.33. The van der Waals surface area contributed by atoms with Gasteiger partial charge < -0.3 is 10.2 Å². The highest BCUT2D eigenvalue weighted by molar-refractivity contribution is 9.10. The minimum atomic E-state index is -3.81. The molecule has 3 aromatic carbocycles. The molecule has 0 saturated carbocycles. The Bertz CT molecular complexity index is 1380. The molecule has 1 unspecified atom stereocenters. The third-order valence-electron chi connectivity index (χ3n) is 6.43. The Labute approximate surface area is 240 Å². The largest absolute Gasteiger partial charge is 0.354 e. The number of sulfonamides is 1. The summed E-state index contributed by atoms with van der Waals surface area (Å²) in [5, 5.41) is 2.94. The predicted octanol–water partition coefficient (Wildman–Crippen LogP) is 5.00. The van der Waals surface area contributed by atoms with Crippen LogP contribution in [0.25, 0.3) is 0 Å². The lowest BCUT2D eigenvalue weighted by Crippen LogP contribution is -2.53. The molecule has 0 bridgehead atoms. The predicted molar refractivity (Wildman–Crippen MR) is 160 cm³/mol. The fourth-order valence-electron chi connectivity index (χ4n) is 4.53. The van der Waals surface area contributed by atoms with Crippen LogP contribution >= 0.6 is 15.9 Å². The monoisotopic (exact) mass is 613 g/mol. The van der Waals surface area contributed by atoms with Gasteiger partial charge in [-0.2, -0.15) is 0 Å². The van der Waals surface area contributed by atoms with E-state index in [2.05, 4.69) is 21.2 Å². The smallest absolute Gasteiger partial charge is 0.244 e. The molecule has 39 heavy (non-hydrogen) atoms. The molecule has 0 aliphatic rings. The molecule has 0 aliphatic carbocycles. The lowest BCUT2D eigenvalue weighted by molar-refractivity contribution is -0.140. The SMILES string of the molecule is CCCNC(=O)C(Cc1ccccc1)N(Cc1cccc(Br)c1)C(=O)CN(c1c(C)cccc1C)S(C)(=O)=O. The van der Waals surface area contributed by atoms with Gasteiger partial charge in [-0.15, -0.1) is 0 Å². The summed E-state index contributed by atoms with van der Waals surface area (Å²) in [6, 6.07) is 21.7. The highest BCUT2D eigenvalue weighted by Crippen LogP contribution is 2.27. The lowest BCUT2D eigenvalue weighted by atomic mass is 10.0. The summed E-state index contributed by atoms with van der Waals surface area (Å²) in [7, 11) is -3.81. The molecule has 3 rings (SSSR count). The molecule has 2 amide bonds. The van der Waals surface area contributed by atoms with Crippen molar-refractivity contribution in [3.63, 3.8) is 0 Å². The lowest BCUT2D eigenvalue weighted by Gasteiger charge is -2.34. The Balaban J connectivity index is 2.08. The summed E-state index contributed by atoms with van der Waals surface area (Å²) in [6.07, 6.45) is 2.14. The van der Waals surface area contributed by atoms with Gasteiger partial charge in [0.1, 0.15) is 12.6 Å². The molecular weight excluding hydrogens is 578 g/mol. The van der Waals surface area contributed by atoms with E-state index >= 15 is 0 Å². The third kappa shape index (κ3) is 8.41. The number of amides is 2. The number of hydrogen-bond acceptors (Lipinski definition) is 4. The molecule has 0 radical (unpaired) electrons. The zero-order chi connectivity index (χ0) is 28.6. The Morgan fingerprint density at radius 2 is 1.54 bits per heavy atom. The van der Waals surface area contributed by atoms with Gasteiger partial charge in [-0.25, -0.2) is 8.42 Å². The first kappa shape index (κ1) is 30.4. The Morgan fingerprint density at radius 1 is 0.923 bits per heavy atom. The maximum absolute atomic E-state index is 14.1. The standard InChI is InChI=1S/C30H36BrN3O4S/c1-5-17-32-30(36)27(19-24-13-7-6-8-14-24)33(20-25-15-10-16-26(31)18-25)28(35)21-34(39(4,37)38)29-22(2)11-9-12-23(29)3/h6-16,18,27H,5,17,19-21H2,1-4H3,(H,32,36). The molecule has 9 heteroatoms. The van der Waals surface area contributed by atoms with Gasteiger partial charge in [0.15, 0.2) is 0 Å². The van der Waals surface area contributed by atoms with Crippen LogP contribution in [0.5, 0.6) is 0 Å². The van der Waals surface area contributed by atoms with Crippen molar-refractivity contribution in [3.05, 3.63) is 99.5 Å². The number of aryl methyl sites for hydroxylation is 2. The van der Waals surface area contributed by atoms with Crippen molar-refractivity contribution >= 4 is 43.5 Å². The van der Waals surface area contributed by atoms with Gasteiger partial charge in [0.25, 0.3) is 0 Å². The van der Waals surface area contributed by atoms with Crippen molar-refractivity contribution in [2.75, 3.05) is 23.7 Å².